The summed E-state index contributed by atoms with van der Waals surface area (Å²) in [6.45, 7) is 1.93. The maximum atomic E-state index is 13.1. The van der Waals surface area contributed by atoms with Crippen molar-refractivity contribution >= 4 is 6.03 Å². The molecule has 1 aliphatic rings. The van der Waals surface area contributed by atoms with Crippen molar-refractivity contribution in [3.05, 3.63) is 35.6 Å². The van der Waals surface area contributed by atoms with Crippen molar-refractivity contribution in [1.29, 1.82) is 0 Å². The minimum absolute atomic E-state index is 0.121. The number of urea groups is 1. The molecule has 2 rings (SSSR count). The Balaban J connectivity index is 1.70. The van der Waals surface area contributed by atoms with Gasteiger partial charge in [0.2, 0.25) is 0 Å². The second-order valence-corrected chi connectivity index (χ2v) is 6.13. The monoisotopic (exact) mass is 307 g/mol. The van der Waals surface area contributed by atoms with Crippen LogP contribution in [0.3, 0.4) is 0 Å². The number of benzene rings is 1. The van der Waals surface area contributed by atoms with Crippen LogP contribution in [-0.4, -0.2) is 49.1 Å². The first-order chi connectivity index (χ1) is 10.6. The number of nitrogens with zero attached hydrogens (tertiary/aromatic N) is 2. The summed E-state index contributed by atoms with van der Waals surface area (Å²) in [7, 11) is 3.93. The first kappa shape index (κ1) is 16.7. The number of hydrogen-bond acceptors (Lipinski definition) is 2. The van der Waals surface area contributed by atoms with E-state index in [-0.39, 0.29) is 11.8 Å². The number of amides is 2. The number of likely N-dealkylation sites (N-methyl/N-ethyl adjacent to an activating group) is 2. The minimum atomic E-state index is -0.279. The molecule has 5 heteroatoms. The van der Waals surface area contributed by atoms with Gasteiger partial charge in [-0.05, 0) is 37.6 Å². The topological polar surface area (TPSA) is 35.6 Å². The van der Waals surface area contributed by atoms with Crippen LogP contribution in [-0.2, 0) is 6.54 Å². The largest absolute Gasteiger partial charge is 0.334 e. The molecule has 0 spiro atoms. The fourth-order valence-corrected chi connectivity index (χ4v) is 2.90. The molecule has 122 valence electrons. The average Bonchev–Trinajstić information content (AvgIpc) is 3.04. The van der Waals surface area contributed by atoms with Crippen LogP contribution in [0.4, 0.5) is 9.18 Å². The molecule has 22 heavy (non-hydrogen) atoms. The number of carbonyl (C=O) groups is 1. The molecule has 2 amide bonds. The van der Waals surface area contributed by atoms with Crippen LogP contribution in [0.1, 0.15) is 31.2 Å². The van der Waals surface area contributed by atoms with E-state index in [0.29, 0.717) is 19.1 Å². The smallest absolute Gasteiger partial charge is 0.317 e. The minimum Gasteiger partial charge on any atom is -0.334 e. The van der Waals surface area contributed by atoms with E-state index in [9.17, 15) is 9.18 Å². The predicted octanol–water partition coefficient (Wildman–Crippen LogP) is 2.84. The number of nitrogens with one attached hydrogen (secondary N) is 1. The van der Waals surface area contributed by atoms with Crippen LogP contribution in [0.25, 0.3) is 0 Å². The van der Waals surface area contributed by atoms with Crippen LogP contribution in [0.2, 0.25) is 0 Å². The van der Waals surface area contributed by atoms with Gasteiger partial charge >= 0.3 is 6.03 Å². The van der Waals surface area contributed by atoms with Crippen molar-refractivity contribution in [3.63, 3.8) is 0 Å². The second-order valence-electron chi connectivity index (χ2n) is 6.13. The van der Waals surface area contributed by atoms with Crippen molar-refractivity contribution < 1.29 is 9.18 Å². The first-order valence-electron chi connectivity index (χ1n) is 8.00. The molecule has 0 aromatic heterocycles. The molecular formula is C17H26FN3O. The van der Waals surface area contributed by atoms with Gasteiger partial charge in [0.1, 0.15) is 5.82 Å². The van der Waals surface area contributed by atoms with E-state index in [0.717, 1.165) is 12.1 Å². The number of rotatable bonds is 6. The third-order valence-electron chi connectivity index (χ3n) is 4.42. The van der Waals surface area contributed by atoms with Gasteiger partial charge in [-0.1, -0.05) is 25.0 Å². The van der Waals surface area contributed by atoms with Crippen molar-refractivity contribution in [2.45, 2.75) is 38.3 Å². The quantitative estimate of drug-likeness (QED) is 0.877. The van der Waals surface area contributed by atoms with E-state index in [1.54, 1.807) is 24.1 Å². The zero-order valence-corrected chi connectivity index (χ0v) is 13.5. The Morgan fingerprint density at radius 1 is 1.27 bits per heavy atom. The van der Waals surface area contributed by atoms with Crippen molar-refractivity contribution in [2.75, 3.05) is 27.2 Å². The fourth-order valence-electron chi connectivity index (χ4n) is 2.90. The summed E-state index contributed by atoms with van der Waals surface area (Å²) in [5.41, 5.74) is 0.768. The fraction of sp³-hybridized carbons (Fsp3) is 0.588. The molecule has 1 saturated carbocycles. The highest BCUT2D eigenvalue weighted by Crippen LogP contribution is 2.21. The van der Waals surface area contributed by atoms with Crippen LogP contribution < -0.4 is 5.32 Å². The molecular weight excluding hydrogens is 281 g/mol. The molecule has 1 fully saturated rings. The predicted molar refractivity (Wildman–Crippen MR) is 86.2 cm³/mol. The van der Waals surface area contributed by atoms with Gasteiger partial charge in [0.05, 0.1) is 0 Å². The Morgan fingerprint density at radius 3 is 2.68 bits per heavy atom. The summed E-state index contributed by atoms with van der Waals surface area (Å²) >= 11 is 0. The third kappa shape index (κ3) is 4.98. The molecule has 1 aromatic rings. The van der Waals surface area contributed by atoms with Crippen molar-refractivity contribution in [1.82, 2.24) is 15.1 Å². The average molecular weight is 307 g/mol. The zero-order chi connectivity index (χ0) is 15.9. The van der Waals surface area contributed by atoms with Crippen LogP contribution >= 0.6 is 0 Å². The normalized spacial score (nSPS) is 15.3. The summed E-state index contributed by atoms with van der Waals surface area (Å²) in [6, 6.07) is 6.84. The molecule has 0 atom stereocenters. The Kier molecular flexibility index (Phi) is 6.19. The summed E-state index contributed by atoms with van der Waals surface area (Å²) in [5, 5.41) is 2.82. The van der Waals surface area contributed by atoms with Crippen molar-refractivity contribution in [3.8, 4) is 0 Å². The van der Waals surface area contributed by atoms with E-state index >= 15 is 0 Å². The van der Waals surface area contributed by atoms with Crippen LogP contribution in [0.15, 0.2) is 24.3 Å². The van der Waals surface area contributed by atoms with Gasteiger partial charge in [0.15, 0.2) is 0 Å². The maximum Gasteiger partial charge on any atom is 0.317 e. The Bertz CT molecular complexity index is 489. The zero-order valence-electron chi connectivity index (χ0n) is 13.5. The lowest BCUT2D eigenvalue weighted by Gasteiger charge is -2.26. The highest BCUT2D eigenvalue weighted by Gasteiger charge is 2.19. The van der Waals surface area contributed by atoms with E-state index in [4.69, 9.17) is 0 Å². The Morgan fingerprint density at radius 2 is 2.00 bits per heavy atom. The van der Waals surface area contributed by atoms with Gasteiger partial charge in [0, 0.05) is 32.7 Å². The molecule has 0 bridgehead atoms. The molecule has 0 heterocycles. The molecule has 1 aromatic carbocycles. The molecule has 0 saturated heterocycles. The summed E-state index contributed by atoms with van der Waals surface area (Å²) < 4.78 is 13.1. The summed E-state index contributed by atoms with van der Waals surface area (Å²) in [5.74, 6) is -0.279. The number of halogens is 1. The lowest BCUT2D eigenvalue weighted by Crippen LogP contribution is -2.42. The molecule has 0 unspecified atom stereocenters. The first-order valence-corrected chi connectivity index (χ1v) is 8.00. The lowest BCUT2D eigenvalue weighted by molar-refractivity contribution is 0.188. The van der Waals surface area contributed by atoms with Gasteiger partial charge in [-0.25, -0.2) is 9.18 Å². The maximum absolute atomic E-state index is 13.1. The molecule has 0 radical (unpaired) electrons. The highest BCUT2D eigenvalue weighted by molar-refractivity contribution is 5.73. The van der Waals surface area contributed by atoms with Crippen LogP contribution in [0, 0.1) is 5.82 Å². The third-order valence-corrected chi connectivity index (χ3v) is 4.42. The van der Waals surface area contributed by atoms with Gasteiger partial charge < -0.3 is 15.1 Å². The van der Waals surface area contributed by atoms with Crippen molar-refractivity contribution in [2.24, 2.45) is 0 Å². The highest BCUT2D eigenvalue weighted by atomic mass is 19.1. The molecule has 4 nitrogen and oxygen atoms in total. The van der Waals surface area contributed by atoms with Gasteiger partial charge in [-0.3, -0.25) is 0 Å². The van der Waals surface area contributed by atoms with E-state index < -0.39 is 0 Å². The molecule has 1 aliphatic carbocycles. The second kappa shape index (κ2) is 8.13. The van der Waals surface area contributed by atoms with E-state index in [2.05, 4.69) is 17.3 Å². The lowest BCUT2D eigenvalue weighted by atomic mass is 10.2. The molecule has 1 N–H and O–H groups in total. The number of hydrogen-bond donors (Lipinski definition) is 1. The van der Waals surface area contributed by atoms with Gasteiger partial charge in [-0.15, -0.1) is 0 Å². The SMILES string of the molecule is CN(CCN(C)C1CCCC1)C(=O)NCc1cccc(F)c1. The Hall–Kier alpha value is -1.62. The van der Waals surface area contributed by atoms with Gasteiger partial charge in [0.25, 0.3) is 0 Å². The summed E-state index contributed by atoms with van der Waals surface area (Å²) in [4.78, 5) is 16.1. The van der Waals surface area contributed by atoms with E-state index in [1.807, 2.05) is 0 Å². The molecule has 0 aliphatic heterocycles. The Labute approximate surface area is 132 Å². The number of carbonyl (C=O) groups excluding carboxylic acids is 1. The van der Waals surface area contributed by atoms with Crippen LogP contribution in [0.5, 0.6) is 0 Å². The van der Waals surface area contributed by atoms with E-state index in [1.165, 1.54) is 37.8 Å². The standard InChI is InChI=1S/C17H26FN3O/c1-20(16-8-3-4-9-16)10-11-21(2)17(22)19-13-14-6-5-7-15(18)12-14/h5-7,12,16H,3-4,8-11,13H2,1-2H3,(H,19,22). The van der Waals surface area contributed by atoms with Gasteiger partial charge in [-0.2, -0.15) is 0 Å². The summed E-state index contributed by atoms with van der Waals surface area (Å²) in [6.07, 6.45) is 5.18.